The van der Waals surface area contributed by atoms with Gasteiger partial charge in [0.2, 0.25) is 5.91 Å². The lowest BCUT2D eigenvalue weighted by molar-refractivity contribution is -0.125. The van der Waals surface area contributed by atoms with E-state index in [1.54, 1.807) is 26.2 Å². The zero-order chi connectivity index (χ0) is 25.1. The normalized spacial score (nSPS) is 15.5. The van der Waals surface area contributed by atoms with Gasteiger partial charge in [-0.15, -0.1) is 10.2 Å². The second-order valence-electron chi connectivity index (χ2n) is 8.76. The minimum Gasteiger partial charge on any atom is -0.490 e. The molecule has 1 aliphatic rings. The highest BCUT2D eigenvalue weighted by Gasteiger charge is 2.28. The quantitative estimate of drug-likeness (QED) is 0.494. The van der Waals surface area contributed by atoms with E-state index in [4.69, 9.17) is 4.74 Å². The first-order valence-corrected chi connectivity index (χ1v) is 13.4. The first-order chi connectivity index (χ1) is 16.8. The molecule has 4 rings (SSSR count). The summed E-state index contributed by atoms with van der Waals surface area (Å²) in [7, 11) is 1.86. The largest absolute Gasteiger partial charge is 0.490 e. The Morgan fingerprint density at radius 3 is 2.77 bits per heavy atom. The maximum atomic E-state index is 12.5. The molecule has 0 fully saturated rings. The Kier molecular flexibility index (Phi) is 7.60. The van der Waals surface area contributed by atoms with Gasteiger partial charge in [0.1, 0.15) is 38.6 Å². The predicted molar refractivity (Wildman–Crippen MR) is 137 cm³/mol. The molecule has 35 heavy (non-hydrogen) atoms. The van der Waals surface area contributed by atoms with Crippen LogP contribution in [0.1, 0.15) is 43.0 Å². The molecule has 3 aromatic rings. The number of nitrogens with zero attached hydrogens (tertiary/aromatic N) is 4. The van der Waals surface area contributed by atoms with Crippen LogP contribution < -0.4 is 9.46 Å². The summed E-state index contributed by atoms with van der Waals surface area (Å²) in [4.78, 5) is 13.3. The highest BCUT2D eigenvalue weighted by molar-refractivity contribution is 7.83. The molecule has 2 atom stereocenters. The Morgan fingerprint density at radius 2 is 2.06 bits per heavy atom. The van der Waals surface area contributed by atoms with Crippen LogP contribution in [0.5, 0.6) is 5.75 Å². The van der Waals surface area contributed by atoms with Gasteiger partial charge in [0.05, 0.1) is 11.7 Å². The summed E-state index contributed by atoms with van der Waals surface area (Å²) in [5, 5.41) is 19.9. The van der Waals surface area contributed by atoms with Gasteiger partial charge in [-0.3, -0.25) is 4.79 Å². The Morgan fingerprint density at radius 1 is 1.29 bits per heavy atom. The highest BCUT2D eigenvalue weighted by atomic mass is 32.2. The fraction of sp³-hybridized carbons (Fsp3) is 0.360. The van der Waals surface area contributed by atoms with Crippen molar-refractivity contribution in [3.8, 4) is 33.0 Å². The monoisotopic (exact) mass is 509 g/mol. The molecule has 0 aliphatic heterocycles. The standard InChI is InChI=1S/C25H27N5O3S2/c1-15(2)33-22-11-8-16(12-17(22)13-26)24-27-28-25(34-24)20-7-5-6-19-18(20)9-10-21(19)29-35(32)14-23(31)30(3)4/h5-8,11-12,15,21,29H,9-10,14H2,1-4H3/t21-,35?/m0/s1. The first-order valence-electron chi connectivity index (χ1n) is 11.3. The Balaban J connectivity index is 1.56. The molecule has 0 saturated carbocycles. The maximum Gasteiger partial charge on any atom is 0.236 e. The zero-order valence-electron chi connectivity index (χ0n) is 20.1. The number of carbonyl (C=O) groups excluding carboxylic acids is 1. The fourth-order valence-electron chi connectivity index (χ4n) is 3.97. The number of benzene rings is 2. The zero-order valence-corrected chi connectivity index (χ0v) is 21.7. The van der Waals surface area contributed by atoms with E-state index in [1.807, 2.05) is 38.1 Å². The number of aromatic nitrogens is 2. The van der Waals surface area contributed by atoms with E-state index >= 15 is 0 Å². The van der Waals surface area contributed by atoms with Gasteiger partial charge < -0.3 is 9.64 Å². The van der Waals surface area contributed by atoms with E-state index in [-0.39, 0.29) is 23.8 Å². The van der Waals surface area contributed by atoms with Gasteiger partial charge in [0.25, 0.3) is 0 Å². The number of ether oxygens (including phenoxy) is 1. The maximum absolute atomic E-state index is 12.5. The van der Waals surface area contributed by atoms with Crippen molar-refractivity contribution in [2.75, 3.05) is 19.8 Å². The van der Waals surface area contributed by atoms with Gasteiger partial charge in [-0.1, -0.05) is 29.5 Å². The van der Waals surface area contributed by atoms with E-state index < -0.39 is 11.0 Å². The molecule has 10 heteroatoms. The van der Waals surface area contributed by atoms with Gasteiger partial charge in [0.15, 0.2) is 0 Å². The van der Waals surface area contributed by atoms with Crippen molar-refractivity contribution in [1.82, 2.24) is 19.8 Å². The third-order valence-electron chi connectivity index (χ3n) is 5.66. The number of hydrogen-bond donors (Lipinski definition) is 1. The topological polar surface area (TPSA) is 108 Å². The summed E-state index contributed by atoms with van der Waals surface area (Å²) in [5.74, 6) is 0.330. The second kappa shape index (κ2) is 10.6. The molecular formula is C25H27N5O3S2. The number of amides is 1. The molecule has 1 amide bonds. The molecule has 8 nitrogen and oxygen atoms in total. The Bertz CT molecular complexity index is 1310. The van der Waals surface area contributed by atoms with Crippen molar-refractivity contribution >= 4 is 28.2 Å². The van der Waals surface area contributed by atoms with Crippen LogP contribution in [0.25, 0.3) is 21.1 Å². The average molecular weight is 510 g/mol. The van der Waals surface area contributed by atoms with E-state index in [0.717, 1.165) is 45.1 Å². The lowest BCUT2D eigenvalue weighted by atomic mass is 10.0. The molecule has 0 bridgehead atoms. The lowest BCUT2D eigenvalue weighted by Gasteiger charge is -2.15. The van der Waals surface area contributed by atoms with Gasteiger partial charge >= 0.3 is 0 Å². The summed E-state index contributed by atoms with van der Waals surface area (Å²) in [6.45, 7) is 3.84. The van der Waals surface area contributed by atoms with Gasteiger partial charge in [-0.05, 0) is 56.0 Å². The smallest absolute Gasteiger partial charge is 0.236 e. The van der Waals surface area contributed by atoms with Crippen LogP contribution in [0.3, 0.4) is 0 Å². The van der Waals surface area contributed by atoms with E-state index in [2.05, 4.69) is 21.0 Å². The van der Waals surface area contributed by atoms with Crippen LogP contribution in [0, 0.1) is 11.3 Å². The molecular weight excluding hydrogens is 482 g/mol. The molecule has 1 unspecified atom stereocenters. The van der Waals surface area contributed by atoms with Crippen LogP contribution >= 0.6 is 11.3 Å². The van der Waals surface area contributed by atoms with Crippen molar-refractivity contribution in [3.05, 3.63) is 53.1 Å². The summed E-state index contributed by atoms with van der Waals surface area (Å²) in [5.41, 5.74) is 4.51. The van der Waals surface area contributed by atoms with Gasteiger partial charge in [0, 0.05) is 31.3 Å². The van der Waals surface area contributed by atoms with Crippen LogP contribution in [0.15, 0.2) is 36.4 Å². The van der Waals surface area contributed by atoms with Crippen LogP contribution in [0.4, 0.5) is 0 Å². The summed E-state index contributed by atoms with van der Waals surface area (Å²) in [6.07, 6.45) is 1.59. The number of hydrogen-bond acceptors (Lipinski definition) is 7. The number of carbonyl (C=O) groups is 1. The molecule has 1 aliphatic carbocycles. The molecule has 2 aromatic carbocycles. The molecule has 0 spiro atoms. The minimum atomic E-state index is -1.45. The van der Waals surface area contributed by atoms with Crippen molar-refractivity contribution in [2.24, 2.45) is 0 Å². The third-order valence-corrected chi connectivity index (χ3v) is 7.72. The van der Waals surface area contributed by atoms with Crippen LogP contribution in [-0.2, 0) is 22.2 Å². The van der Waals surface area contributed by atoms with Gasteiger partial charge in [-0.2, -0.15) is 5.26 Å². The SMILES string of the molecule is CC(C)Oc1ccc(-c2nnc(-c3cccc4c3CC[C@@H]4NS(=O)CC(=O)N(C)C)s2)cc1C#N. The average Bonchev–Trinajstić information content (AvgIpc) is 3.46. The van der Waals surface area contributed by atoms with Crippen molar-refractivity contribution in [2.45, 2.75) is 38.8 Å². The fourth-order valence-corrected chi connectivity index (χ4v) is 5.99. The Labute approximate surface area is 211 Å². The number of rotatable bonds is 8. The van der Waals surface area contributed by atoms with Crippen LogP contribution in [-0.4, -0.2) is 51.2 Å². The van der Waals surface area contributed by atoms with E-state index in [9.17, 15) is 14.3 Å². The summed E-state index contributed by atoms with van der Waals surface area (Å²) in [6, 6.07) is 13.6. The Hall–Kier alpha value is -3.13. The van der Waals surface area contributed by atoms with Crippen molar-refractivity contribution in [3.63, 3.8) is 0 Å². The second-order valence-corrected chi connectivity index (χ2v) is 11.0. The van der Waals surface area contributed by atoms with Crippen molar-refractivity contribution < 1.29 is 13.7 Å². The van der Waals surface area contributed by atoms with Gasteiger partial charge in [-0.25, -0.2) is 8.93 Å². The molecule has 0 radical (unpaired) electrons. The minimum absolute atomic E-state index is 0.0227. The predicted octanol–water partition coefficient (Wildman–Crippen LogP) is 3.86. The molecule has 182 valence electrons. The first kappa shape index (κ1) is 25.0. The number of nitrogens with one attached hydrogen (secondary N) is 1. The third kappa shape index (κ3) is 5.59. The summed E-state index contributed by atoms with van der Waals surface area (Å²) < 4.78 is 21.3. The van der Waals surface area contributed by atoms with Crippen molar-refractivity contribution in [1.29, 1.82) is 5.26 Å². The molecule has 1 N–H and O–H groups in total. The van der Waals surface area contributed by atoms with E-state index in [0.29, 0.717) is 11.3 Å². The number of nitriles is 1. The molecule has 1 aromatic heterocycles. The molecule has 0 saturated heterocycles. The van der Waals surface area contributed by atoms with Crippen LogP contribution in [0.2, 0.25) is 0 Å². The van der Waals surface area contributed by atoms with E-state index in [1.165, 1.54) is 16.2 Å². The number of fused-ring (bicyclic) bond motifs is 1. The summed E-state index contributed by atoms with van der Waals surface area (Å²) >= 11 is 1.47. The lowest BCUT2D eigenvalue weighted by Crippen LogP contribution is -2.33. The highest BCUT2D eigenvalue weighted by Crippen LogP contribution is 2.40. The molecule has 1 heterocycles.